The molecule has 5 nitrogen and oxygen atoms in total. The summed E-state index contributed by atoms with van der Waals surface area (Å²) in [5.74, 6) is -0.569. The number of rotatable bonds is 3. The molecule has 0 spiro atoms. The largest absolute Gasteiger partial charge is 0.456 e. The molecule has 0 saturated heterocycles. The zero-order valence-corrected chi connectivity index (χ0v) is 15.1. The summed E-state index contributed by atoms with van der Waals surface area (Å²) in [6.45, 7) is 1.73. The molecule has 0 atom stereocenters. The molecule has 27 heavy (non-hydrogen) atoms. The topological polar surface area (TPSA) is 69.4 Å². The summed E-state index contributed by atoms with van der Waals surface area (Å²) < 4.78 is 10.6. The Balaban J connectivity index is 1.63. The molecule has 6 heteroatoms. The zero-order chi connectivity index (χ0) is 19.0. The second kappa shape index (κ2) is 6.85. The molecule has 4 aromatic rings. The van der Waals surface area contributed by atoms with E-state index in [9.17, 15) is 9.59 Å². The van der Waals surface area contributed by atoms with Gasteiger partial charge in [0.05, 0.1) is 5.52 Å². The zero-order valence-electron chi connectivity index (χ0n) is 14.4. The van der Waals surface area contributed by atoms with E-state index in [4.69, 9.17) is 20.8 Å². The van der Waals surface area contributed by atoms with Gasteiger partial charge in [-0.2, -0.15) is 0 Å². The summed E-state index contributed by atoms with van der Waals surface area (Å²) in [5.41, 5.74) is 2.12. The van der Waals surface area contributed by atoms with Gasteiger partial charge in [-0.3, -0.25) is 0 Å². The smallest absolute Gasteiger partial charge is 0.357 e. The second-order valence-corrected chi connectivity index (χ2v) is 6.56. The average molecular weight is 380 g/mol. The Bertz CT molecular complexity index is 1250. The quantitative estimate of drug-likeness (QED) is 0.382. The fourth-order valence-corrected chi connectivity index (χ4v) is 3.03. The highest BCUT2D eigenvalue weighted by atomic mass is 35.5. The summed E-state index contributed by atoms with van der Waals surface area (Å²) in [6.07, 6.45) is 0. The number of ether oxygens (including phenoxy) is 1. The fraction of sp³-hybridized carbons (Fsp3) is 0.0952. The first-order valence-corrected chi connectivity index (χ1v) is 8.65. The number of aryl methyl sites for hydroxylation is 1. The molecule has 0 amide bonds. The lowest BCUT2D eigenvalue weighted by Gasteiger charge is -2.09. The van der Waals surface area contributed by atoms with E-state index >= 15 is 0 Å². The molecule has 4 rings (SSSR count). The standard InChI is InChI=1S/C21H14ClNO4/c1-12-8-19-15(10-16(12)22)14(9-20(24)27-19)11-26-21(25)18-7-6-13-4-2-3-5-17(13)23-18/h2-10H,11H2,1H3. The minimum absolute atomic E-state index is 0.0885. The summed E-state index contributed by atoms with van der Waals surface area (Å²) in [5, 5.41) is 2.11. The number of aromatic nitrogens is 1. The lowest BCUT2D eigenvalue weighted by Crippen LogP contribution is -2.09. The maximum Gasteiger partial charge on any atom is 0.357 e. The maximum absolute atomic E-state index is 12.4. The molecule has 0 aliphatic carbocycles. The van der Waals surface area contributed by atoms with Gasteiger partial charge < -0.3 is 9.15 Å². The van der Waals surface area contributed by atoms with Crippen molar-refractivity contribution in [2.45, 2.75) is 13.5 Å². The predicted octanol–water partition coefficient (Wildman–Crippen LogP) is 4.66. The molecule has 134 valence electrons. The summed E-state index contributed by atoms with van der Waals surface area (Å²) in [7, 11) is 0. The molecule has 0 aliphatic heterocycles. The van der Waals surface area contributed by atoms with E-state index in [1.54, 1.807) is 18.2 Å². The van der Waals surface area contributed by atoms with Crippen molar-refractivity contribution < 1.29 is 13.9 Å². The third-order valence-corrected chi connectivity index (χ3v) is 4.68. The van der Waals surface area contributed by atoms with Crippen molar-refractivity contribution in [2.75, 3.05) is 0 Å². The van der Waals surface area contributed by atoms with Gasteiger partial charge >= 0.3 is 11.6 Å². The molecule has 2 aromatic carbocycles. The Hall–Kier alpha value is -3.18. The second-order valence-electron chi connectivity index (χ2n) is 6.15. The van der Waals surface area contributed by atoms with Crippen molar-refractivity contribution >= 4 is 39.4 Å². The SMILES string of the molecule is Cc1cc2oc(=O)cc(COC(=O)c3ccc4ccccc4n3)c2cc1Cl. The first-order valence-electron chi connectivity index (χ1n) is 8.27. The van der Waals surface area contributed by atoms with E-state index in [0.29, 0.717) is 27.1 Å². The normalized spacial score (nSPS) is 11.0. The molecule has 0 N–H and O–H groups in total. The predicted molar refractivity (Wildman–Crippen MR) is 103 cm³/mol. The van der Waals surface area contributed by atoms with Crippen LogP contribution in [-0.4, -0.2) is 11.0 Å². The van der Waals surface area contributed by atoms with Crippen LogP contribution in [0.3, 0.4) is 0 Å². The third-order valence-electron chi connectivity index (χ3n) is 4.28. The van der Waals surface area contributed by atoms with Gasteiger partial charge in [0.2, 0.25) is 0 Å². The Morgan fingerprint density at radius 1 is 1.15 bits per heavy atom. The van der Waals surface area contributed by atoms with Gasteiger partial charge in [-0.15, -0.1) is 0 Å². The van der Waals surface area contributed by atoms with Crippen LogP contribution in [0.4, 0.5) is 0 Å². The van der Waals surface area contributed by atoms with Gasteiger partial charge in [-0.05, 0) is 36.8 Å². The van der Waals surface area contributed by atoms with Crippen molar-refractivity contribution in [2.24, 2.45) is 0 Å². The minimum atomic E-state index is -0.569. The van der Waals surface area contributed by atoms with Gasteiger partial charge in [0.15, 0.2) is 0 Å². The molecule has 0 radical (unpaired) electrons. The van der Waals surface area contributed by atoms with E-state index in [0.717, 1.165) is 10.9 Å². The van der Waals surface area contributed by atoms with E-state index < -0.39 is 11.6 Å². The monoisotopic (exact) mass is 379 g/mol. The summed E-state index contributed by atoms with van der Waals surface area (Å²) in [6, 6.07) is 15.6. The van der Waals surface area contributed by atoms with Crippen LogP contribution in [-0.2, 0) is 11.3 Å². The Kier molecular flexibility index (Phi) is 4.38. The molecule has 0 saturated carbocycles. The Morgan fingerprint density at radius 3 is 2.81 bits per heavy atom. The number of fused-ring (bicyclic) bond motifs is 2. The number of nitrogens with zero attached hydrogens (tertiary/aromatic N) is 1. The van der Waals surface area contributed by atoms with Crippen LogP contribution in [0.1, 0.15) is 21.6 Å². The number of carbonyl (C=O) groups excluding carboxylic acids is 1. The fourth-order valence-electron chi connectivity index (χ4n) is 2.86. The van der Waals surface area contributed by atoms with Crippen LogP contribution < -0.4 is 5.63 Å². The number of halogens is 1. The molecule has 0 unspecified atom stereocenters. The first kappa shape index (κ1) is 17.2. The molecule has 2 aromatic heterocycles. The minimum Gasteiger partial charge on any atom is -0.456 e. The van der Waals surface area contributed by atoms with Crippen LogP contribution in [0.15, 0.2) is 63.8 Å². The van der Waals surface area contributed by atoms with Crippen molar-refractivity contribution in [3.8, 4) is 0 Å². The highest BCUT2D eigenvalue weighted by Crippen LogP contribution is 2.25. The number of carbonyl (C=O) groups is 1. The summed E-state index contributed by atoms with van der Waals surface area (Å²) in [4.78, 5) is 28.5. The van der Waals surface area contributed by atoms with Crippen LogP contribution in [0.2, 0.25) is 5.02 Å². The number of hydrogen-bond donors (Lipinski definition) is 0. The third kappa shape index (κ3) is 3.41. The van der Waals surface area contributed by atoms with Crippen molar-refractivity contribution in [3.05, 3.63) is 86.9 Å². The number of benzene rings is 2. The Morgan fingerprint density at radius 2 is 1.96 bits per heavy atom. The van der Waals surface area contributed by atoms with Gasteiger partial charge in [0.1, 0.15) is 17.9 Å². The molecule has 2 heterocycles. The number of pyridine rings is 1. The van der Waals surface area contributed by atoms with Crippen LogP contribution >= 0.6 is 11.6 Å². The number of esters is 1. The van der Waals surface area contributed by atoms with E-state index in [1.165, 1.54) is 6.07 Å². The molecule has 0 bridgehead atoms. The van der Waals surface area contributed by atoms with Crippen molar-refractivity contribution in [3.63, 3.8) is 0 Å². The maximum atomic E-state index is 12.4. The van der Waals surface area contributed by atoms with E-state index in [-0.39, 0.29) is 12.3 Å². The van der Waals surface area contributed by atoms with E-state index in [2.05, 4.69) is 4.98 Å². The lowest BCUT2D eigenvalue weighted by atomic mass is 10.1. The number of para-hydroxylation sites is 1. The van der Waals surface area contributed by atoms with Gasteiger partial charge in [0.25, 0.3) is 0 Å². The van der Waals surface area contributed by atoms with Crippen molar-refractivity contribution in [1.82, 2.24) is 4.98 Å². The van der Waals surface area contributed by atoms with Gasteiger partial charge in [-0.1, -0.05) is 35.9 Å². The molecular formula is C21H14ClNO4. The lowest BCUT2D eigenvalue weighted by molar-refractivity contribution is 0.0467. The van der Waals surface area contributed by atoms with Crippen LogP contribution in [0, 0.1) is 6.92 Å². The number of hydrogen-bond acceptors (Lipinski definition) is 5. The summed E-state index contributed by atoms with van der Waals surface area (Å²) >= 11 is 6.18. The van der Waals surface area contributed by atoms with Crippen LogP contribution in [0.5, 0.6) is 0 Å². The molecule has 0 aliphatic rings. The highest BCUT2D eigenvalue weighted by Gasteiger charge is 2.13. The van der Waals surface area contributed by atoms with Crippen molar-refractivity contribution in [1.29, 1.82) is 0 Å². The Labute approximate surface area is 159 Å². The van der Waals surface area contributed by atoms with Crippen LogP contribution in [0.25, 0.3) is 21.9 Å². The average Bonchev–Trinajstić information content (AvgIpc) is 2.67. The molecular weight excluding hydrogens is 366 g/mol. The van der Waals surface area contributed by atoms with E-state index in [1.807, 2.05) is 37.3 Å². The highest BCUT2D eigenvalue weighted by molar-refractivity contribution is 6.32. The van der Waals surface area contributed by atoms with Gasteiger partial charge in [0, 0.05) is 27.4 Å². The van der Waals surface area contributed by atoms with Gasteiger partial charge in [-0.25, -0.2) is 14.6 Å². The molecule has 0 fully saturated rings. The first-order chi connectivity index (χ1) is 13.0.